The summed E-state index contributed by atoms with van der Waals surface area (Å²) in [5, 5.41) is 8.37. The largest absolute Gasteiger partial charge is 0.467 e. The number of nitrogens with zero attached hydrogens (tertiary/aromatic N) is 2. The second kappa shape index (κ2) is 8.91. The summed E-state index contributed by atoms with van der Waals surface area (Å²) < 4.78 is 35.3. The molecule has 9 heteroatoms. The maximum absolute atomic E-state index is 12.0. The minimum atomic E-state index is -2.73. The third-order valence-corrected chi connectivity index (χ3v) is 4.84. The van der Waals surface area contributed by atoms with Gasteiger partial charge in [0.15, 0.2) is 5.15 Å². The van der Waals surface area contributed by atoms with E-state index in [9.17, 15) is 8.78 Å². The van der Waals surface area contributed by atoms with Gasteiger partial charge in [-0.2, -0.15) is 13.9 Å². The molecule has 0 radical (unpaired) electrons. The van der Waals surface area contributed by atoms with Crippen molar-refractivity contribution in [3.05, 3.63) is 51.7 Å². The minimum Gasteiger partial charge on any atom is -0.467 e. The van der Waals surface area contributed by atoms with E-state index in [1.165, 1.54) is 0 Å². The molecule has 0 bridgehead atoms. The molecule has 0 unspecified atom stereocenters. The van der Waals surface area contributed by atoms with Gasteiger partial charge < -0.3 is 14.5 Å². The lowest BCUT2D eigenvalue weighted by Gasteiger charge is -2.09. The van der Waals surface area contributed by atoms with Crippen LogP contribution >= 0.6 is 23.2 Å². The van der Waals surface area contributed by atoms with Gasteiger partial charge in [-0.25, -0.2) is 4.52 Å². The van der Waals surface area contributed by atoms with Crippen LogP contribution in [0.2, 0.25) is 10.3 Å². The van der Waals surface area contributed by atoms with E-state index < -0.39 is 6.61 Å². The van der Waals surface area contributed by atoms with Crippen LogP contribution in [-0.4, -0.2) is 22.8 Å². The molecule has 27 heavy (non-hydrogen) atoms. The van der Waals surface area contributed by atoms with Crippen LogP contribution in [0.25, 0.3) is 5.52 Å². The molecular formula is C18H19Cl2F2N3O2. The van der Waals surface area contributed by atoms with Crippen molar-refractivity contribution in [3.8, 4) is 0 Å². The van der Waals surface area contributed by atoms with Crippen LogP contribution in [-0.2, 0) is 17.7 Å². The highest BCUT2D eigenvalue weighted by Gasteiger charge is 2.18. The molecule has 0 saturated carbocycles. The third kappa shape index (κ3) is 4.72. The van der Waals surface area contributed by atoms with Gasteiger partial charge in [0.1, 0.15) is 10.9 Å². The number of aryl methyl sites for hydroxylation is 1. The highest BCUT2D eigenvalue weighted by Crippen LogP contribution is 2.33. The number of fused-ring (bicyclic) bond motifs is 1. The zero-order valence-electron chi connectivity index (χ0n) is 14.6. The Kier molecular flexibility index (Phi) is 6.57. The first-order valence-corrected chi connectivity index (χ1v) is 9.25. The molecule has 0 aliphatic heterocycles. The number of halogens is 4. The van der Waals surface area contributed by atoms with E-state index >= 15 is 0 Å². The molecule has 3 aromatic heterocycles. The summed E-state index contributed by atoms with van der Waals surface area (Å²) in [6.45, 7) is -0.269. The number of unbranched alkanes of at least 4 members (excludes halogenated alkanes) is 1. The topological polar surface area (TPSA) is 51.7 Å². The number of hydrogen-bond acceptors (Lipinski definition) is 4. The molecule has 146 valence electrons. The molecule has 0 aliphatic rings. The molecule has 0 fully saturated rings. The summed E-state index contributed by atoms with van der Waals surface area (Å²) >= 11 is 12.7. The minimum absolute atomic E-state index is 0.0156. The summed E-state index contributed by atoms with van der Waals surface area (Å²) in [6, 6.07) is 5.43. The maximum atomic E-state index is 12.0. The Hall–Kier alpha value is -1.83. The summed E-state index contributed by atoms with van der Waals surface area (Å²) in [5.74, 6) is 0.788. The molecule has 0 atom stereocenters. The molecule has 0 saturated heterocycles. The molecule has 1 N–H and O–H groups in total. The Morgan fingerprint density at radius 3 is 2.85 bits per heavy atom. The number of anilines is 1. The van der Waals surface area contributed by atoms with Gasteiger partial charge in [0.25, 0.3) is 0 Å². The van der Waals surface area contributed by atoms with Crippen LogP contribution in [0.5, 0.6) is 0 Å². The fourth-order valence-corrected chi connectivity index (χ4v) is 3.54. The number of furan rings is 1. The highest BCUT2D eigenvalue weighted by molar-refractivity contribution is 6.32. The van der Waals surface area contributed by atoms with Crippen LogP contribution < -0.4 is 5.32 Å². The van der Waals surface area contributed by atoms with Crippen molar-refractivity contribution in [1.82, 2.24) is 9.61 Å². The highest BCUT2D eigenvalue weighted by atomic mass is 35.5. The Balaban J connectivity index is 1.80. The fraction of sp³-hybridized carbons (Fsp3) is 0.389. The normalized spacial score (nSPS) is 11.6. The predicted octanol–water partition coefficient (Wildman–Crippen LogP) is 5.72. The van der Waals surface area contributed by atoms with Gasteiger partial charge in [-0.1, -0.05) is 23.2 Å². The zero-order valence-corrected chi connectivity index (χ0v) is 16.2. The number of hydrogen-bond donors (Lipinski definition) is 1. The van der Waals surface area contributed by atoms with Crippen LogP contribution in [0.1, 0.15) is 29.7 Å². The third-order valence-electron chi connectivity index (χ3n) is 4.27. The van der Waals surface area contributed by atoms with Crippen molar-refractivity contribution < 1.29 is 17.9 Å². The molecule has 5 nitrogen and oxygen atoms in total. The lowest BCUT2D eigenvalue weighted by atomic mass is 10.1. The molecule has 3 aromatic rings. The van der Waals surface area contributed by atoms with Crippen molar-refractivity contribution >= 4 is 34.4 Å². The average molecular weight is 418 g/mol. The zero-order chi connectivity index (χ0) is 19.4. The summed E-state index contributed by atoms with van der Waals surface area (Å²) in [5.41, 5.74) is 3.51. The average Bonchev–Trinajstić information content (AvgIpc) is 3.21. The van der Waals surface area contributed by atoms with Crippen LogP contribution in [0.3, 0.4) is 0 Å². The predicted molar refractivity (Wildman–Crippen MR) is 101 cm³/mol. The molecule has 0 aromatic carbocycles. The summed E-state index contributed by atoms with van der Waals surface area (Å²) in [4.78, 5) is 0. The van der Waals surface area contributed by atoms with E-state index in [-0.39, 0.29) is 6.61 Å². The number of ether oxygens (including phenoxy) is 1. The summed E-state index contributed by atoms with van der Waals surface area (Å²) in [6.07, 6.45) is 3.44. The number of rotatable bonds is 9. The van der Waals surface area contributed by atoms with E-state index in [1.807, 2.05) is 19.1 Å². The first-order valence-electron chi connectivity index (χ1n) is 8.49. The summed E-state index contributed by atoms with van der Waals surface area (Å²) in [7, 11) is 0. The van der Waals surface area contributed by atoms with Gasteiger partial charge in [0.05, 0.1) is 30.6 Å². The molecule has 0 spiro atoms. The van der Waals surface area contributed by atoms with E-state index in [1.54, 1.807) is 16.8 Å². The van der Waals surface area contributed by atoms with Gasteiger partial charge in [-0.3, -0.25) is 0 Å². The van der Waals surface area contributed by atoms with Crippen molar-refractivity contribution in [1.29, 1.82) is 0 Å². The number of alkyl halides is 2. The van der Waals surface area contributed by atoms with Gasteiger partial charge in [0, 0.05) is 6.07 Å². The van der Waals surface area contributed by atoms with Crippen LogP contribution in [0.15, 0.2) is 28.9 Å². The van der Waals surface area contributed by atoms with E-state index in [0.29, 0.717) is 36.1 Å². The van der Waals surface area contributed by atoms with Crippen molar-refractivity contribution in [2.24, 2.45) is 0 Å². The van der Waals surface area contributed by atoms with Crippen molar-refractivity contribution in [3.63, 3.8) is 0 Å². The second-order valence-corrected chi connectivity index (χ2v) is 6.80. The first-order chi connectivity index (χ1) is 13.0. The van der Waals surface area contributed by atoms with Crippen LogP contribution in [0.4, 0.5) is 14.5 Å². The lowest BCUT2D eigenvalue weighted by molar-refractivity contribution is -0.129. The van der Waals surface area contributed by atoms with E-state index in [0.717, 1.165) is 28.1 Å². The van der Waals surface area contributed by atoms with Gasteiger partial charge in [-0.05, 0) is 49.4 Å². The lowest BCUT2D eigenvalue weighted by Crippen LogP contribution is -2.03. The number of aromatic nitrogens is 2. The smallest absolute Gasteiger partial charge is 0.345 e. The molecular weight excluding hydrogens is 399 g/mol. The van der Waals surface area contributed by atoms with Crippen molar-refractivity contribution in [2.45, 2.75) is 39.3 Å². The van der Waals surface area contributed by atoms with Gasteiger partial charge >= 0.3 is 6.61 Å². The molecule has 3 rings (SSSR count). The molecule has 3 heterocycles. The van der Waals surface area contributed by atoms with Gasteiger partial charge in [0.2, 0.25) is 0 Å². The Morgan fingerprint density at radius 1 is 1.33 bits per heavy atom. The van der Waals surface area contributed by atoms with Gasteiger partial charge in [-0.15, -0.1) is 0 Å². The van der Waals surface area contributed by atoms with Crippen molar-refractivity contribution in [2.75, 3.05) is 11.9 Å². The molecule has 0 amide bonds. The molecule has 0 aliphatic carbocycles. The fourth-order valence-electron chi connectivity index (χ4n) is 3.00. The van der Waals surface area contributed by atoms with Crippen LogP contribution in [0, 0.1) is 6.92 Å². The monoisotopic (exact) mass is 417 g/mol. The SMILES string of the molecule is Cc1c(CCCCOC(F)F)c(Cl)n2nc(Cl)cc(NCc3ccco3)c12. The Labute approximate surface area is 165 Å². The van der Waals surface area contributed by atoms with E-state index in [2.05, 4.69) is 15.2 Å². The second-order valence-electron chi connectivity index (χ2n) is 6.06. The Morgan fingerprint density at radius 2 is 2.15 bits per heavy atom. The quantitative estimate of drug-likeness (QED) is 0.452. The first kappa shape index (κ1) is 19.9. The Bertz CT molecular complexity index is 898. The standard InChI is InChI=1S/C18H19Cl2F2N3O2/c1-11-13(6-2-3-7-27-18(21)22)17(20)25-16(11)14(9-15(19)24-25)23-10-12-5-4-8-26-12/h4-5,8-9,18,23H,2-3,6-7,10H2,1H3. The maximum Gasteiger partial charge on any atom is 0.345 e. The number of nitrogens with one attached hydrogen (secondary N) is 1. The van der Waals surface area contributed by atoms with E-state index in [4.69, 9.17) is 27.6 Å².